The van der Waals surface area contributed by atoms with Gasteiger partial charge in [-0.15, -0.1) is 0 Å². The smallest absolute Gasteiger partial charge is 0.244 e. The molecular formula is C26H35N3O6S. The number of fused-ring (bicyclic) bond motifs is 1. The third-order valence-electron chi connectivity index (χ3n) is 5.99. The number of nitrogens with zero attached hydrogens (tertiary/aromatic N) is 2. The molecule has 1 atom stereocenters. The van der Waals surface area contributed by atoms with E-state index in [0.717, 1.165) is 22.7 Å². The molecule has 1 unspecified atom stereocenters. The van der Waals surface area contributed by atoms with E-state index in [-0.39, 0.29) is 18.2 Å². The van der Waals surface area contributed by atoms with Crippen molar-refractivity contribution in [1.82, 2.24) is 10.2 Å². The number of nitrogens with one attached hydrogen (secondary N) is 1. The third-order valence-corrected chi connectivity index (χ3v) is 7.73. The highest BCUT2D eigenvalue weighted by molar-refractivity contribution is 7.92. The summed E-state index contributed by atoms with van der Waals surface area (Å²) in [6.45, 7) is 6.21. The summed E-state index contributed by atoms with van der Waals surface area (Å²) in [5.74, 6) is -0.0121. The van der Waals surface area contributed by atoms with Gasteiger partial charge in [0, 0.05) is 19.2 Å². The van der Waals surface area contributed by atoms with Crippen LogP contribution < -0.4 is 19.1 Å². The van der Waals surface area contributed by atoms with Gasteiger partial charge in [-0.2, -0.15) is 0 Å². The Morgan fingerprint density at radius 2 is 1.72 bits per heavy atom. The Labute approximate surface area is 213 Å². The van der Waals surface area contributed by atoms with Crippen LogP contribution in [0.4, 0.5) is 5.69 Å². The van der Waals surface area contributed by atoms with Crippen molar-refractivity contribution in [2.24, 2.45) is 0 Å². The van der Waals surface area contributed by atoms with Crippen molar-refractivity contribution in [3.05, 3.63) is 54.1 Å². The fourth-order valence-electron chi connectivity index (χ4n) is 3.81. The molecule has 9 nitrogen and oxygen atoms in total. The maximum absolute atomic E-state index is 13.6. The van der Waals surface area contributed by atoms with Crippen molar-refractivity contribution >= 4 is 27.5 Å². The number of hydrogen-bond acceptors (Lipinski definition) is 6. The van der Waals surface area contributed by atoms with Gasteiger partial charge in [-0.1, -0.05) is 43.7 Å². The fourth-order valence-corrected chi connectivity index (χ4v) is 4.86. The van der Waals surface area contributed by atoms with E-state index in [1.54, 1.807) is 25.1 Å². The highest BCUT2D eigenvalue weighted by Gasteiger charge is 2.31. The quantitative estimate of drug-likeness (QED) is 0.434. The number of benzene rings is 2. The zero-order valence-electron chi connectivity index (χ0n) is 21.1. The van der Waals surface area contributed by atoms with E-state index in [0.29, 0.717) is 36.9 Å². The lowest BCUT2D eigenvalue weighted by Gasteiger charge is -2.32. The van der Waals surface area contributed by atoms with Crippen LogP contribution in [-0.2, 0) is 26.2 Å². The molecule has 0 spiro atoms. The van der Waals surface area contributed by atoms with Crippen molar-refractivity contribution in [2.45, 2.75) is 46.2 Å². The molecule has 1 N–H and O–H groups in total. The van der Waals surface area contributed by atoms with Crippen LogP contribution in [0, 0.1) is 0 Å². The second-order valence-corrected chi connectivity index (χ2v) is 10.7. The van der Waals surface area contributed by atoms with Crippen LogP contribution in [0.2, 0.25) is 0 Å². The first-order chi connectivity index (χ1) is 17.3. The van der Waals surface area contributed by atoms with E-state index < -0.39 is 28.5 Å². The minimum absolute atomic E-state index is 0.170. The third kappa shape index (κ3) is 6.90. The highest BCUT2D eigenvalue weighted by atomic mass is 32.2. The molecule has 0 bridgehead atoms. The van der Waals surface area contributed by atoms with Crippen molar-refractivity contribution in [1.29, 1.82) is 0 Å². The van der Waals surface area contributed by atoms with Gasteiger partial charge in [0.25, 0.3) is 0 Å². The molecule has 36 heavy (non-hydrogen) atoms. The molecule has 10 heteroatoms. The maximum atomic E-state index is 13.6. The van der Waals surface area contributed by atoms with Crippen molar-refractivity contribution in [3.8, 4) is 11.5 Å². The molecule has 0 aromatic heterocycles. The first-order valence-electron chi connectivity index (χ1n) is 12.3. The molecule has 2 aromatic carbocycles. The number of carbonyl (C=O) groups is 2. The number of carbonyl (C=O) groups excluding carboxylic acids is 2. The van der Waals surface area contributed by atoms with Crippen LogP contribution in [0.5, 0.6) is 11.5 Å². The van der Waals surface area contributed by atoms with E-state index in [4.69, 9.17) is 9.47 Å². The highest BCUT2D eigenvalue weighted by Crippen LogP contribution is 2.35. The van der Waals surface area contributed by atoms with Gasteiger partial charge in [-0.3, -0.25) is 13.9 Å². The summed E-state index contributed by atoms with van der Waals surface area (Å²) in [4.78, 5) is 27.9. The molecule has 0 fully saturated rings. The molecule has 0 saturated heterocycles. The van der Waals surface area contributed by atoms with E-state index in [1.807, 2.05) is 37.3 Å². The zero-order valence-corrected chi connectivity index (χ0v) is 21.9. The number of unbranched alkanes of at least 4 members (excludes halogenated alkanes) is 1. The van der Waals surface area contributed by atoms with E-state index >= 15 is 0 Å². The average Bonchev–Trinajstić information content (AvgIpc) is 2.90. The number of amides is 2. The summed E-state index contributed by atoms with van der Waals surface area (Å²) < 4.78 is 38.4. The average molecular weight is 518 g/mol. The standard InChI is InChI=1S/C26H35N3O6S/c1-4-6-14-27-26(31)20(3)28(18-21-10-8-7-9-11-21)25(30)19-29(36(32,33)5-2)22-12-13-23-24(17-22)35-16-15-34-23/h7-13,17,20H,4-6,14-16,18-19H2,1-3H3,(H,27,31). The fraction of sp³-hybridized carbons (Fsp3) is 0.462. The lowest BCUT2D eigenvalue weighted by atomic mass is 10.1. The van der Waals surface area contributed by atoms with Gasteiger partial charge < -0.3 is 19.7 Å². The minimum Gasteiger partial charge on any atom is -0.486 e. The first-order valence-corrected chi connectivity index (χ1v) is 13.9. The maximum Gasteiger partial charge on any atom is 0.244 e. The van der Waals surface area contributed by atoms with Crippen molar-refractivity contribution in [2.75, 3.05) is 36.4 Å². The van der Waals surface area contributed by atoms with Crippen LogP contribution in [0.3, 0.4) is 0 Å². The molecule has 2 aromatic rings. The van der Waals surface area contributed by atoms with Gasteiger partial charge in [0.1, 0.15) is 25.8 Å². The summed E-state index contributed by atoms with van der Waals surface area (Å²) in [5.41, 5.74) is 1.14. The molecule has 0 saturated carbocycles. The molecule has 1 aliphatic heterocycles. The van der Waals surface area contributed by atoms with Crippen LogP contribution in [0.25, 0.3) is 0 Å². The van der Waals surface area contributed by atoms with Gasteiger partial charge in [-0.05, 0) is 38.0 Å². The molecule has 0 radical (unpaired) electrons. The largest absolute Gasteiger partial charge is 0.486 e. The summed E-state index contributed by atoms with van der Waals surface area (Å²) in [6.07, 6.45) is 1.76. The van der Waals surface area contributed by atoms with Gasteiger partial charge in [0.2, 0.25) is 21.8 Å². The SMILES string of the molecule is CCCCNC(=O)C(C)N(Cc1ccccc1)C(=O)CN(c1ccc2c(c1)OCCO2)S(=O)(=O)CC. The number of sulfonamides is 1. The topological polar surface area (TPSA) is 105 Å². The number of ether oxygens (including phenoxy) is 2. The first kappa shape index (κ1) is 27.3. The number of rotatable bonds is 12. The molecule has 0 aliphatic carbocycles. The number of hydrogen-bond donors (Lipinski definition) is 1. The lowest BCUT2D eigenvalue weighted by molar-refractivity contribution is -0.139. The Hall–Kier alpha value is -3.27. The van der Waals surface area contributed by atoms with Gasteiger partial charge in [-0.25, -0.2) is 8.42 Å². The molecule has 196 valence electrons. The van der Waals surface area contributed by atoms with E-state index in [1.165, 1.54) is 11.8 Å². The van der Waals surface area contributed by atoms with Crippen LogP contribution in [0.1, 0.15) is 39.2 Å². The van der Waals surface area contributed by atoms with Crippen LogP contribution in [-0.4, -0.2) is 63.2 Å². The lowest BCUT2D eigenvalue weighted by Crippen LogP contribution is -2.51. The summed E-state index contributed by atoms with van der Waals surface area (Å²) in [5, 5.41) is 2.87. The Bertz CT molecular complexity index is 1140. The summed E-state index contributed by atoms with van der Waals surface area (Å²) in [7, 11) is -3.82. The minimum atomic E-state index is -3.82. The molecule has 1 heterocycles. The van der Waals surface area contributed by atoms with Crippen molar-refractivity contribution < 1.29 is 27.5 Å². The molecular weight excluding hydrogens is 482 g/mol. The van der Waals surface area contributed by atoms with Crippen LogP contribution in [0.15, 0.2) is 48.5 Å². The normalized spacial score (nSPS) is 13.5. The second kappa shape index (κ2) is 12.6. The Morgan fingerprint density at radius 1 is 1.03 bits per heavy atom. The van der Waals surface area contributed by atoms with Crippen molar-refractivity contribution in [3.63, 3.8) is 0 Å². The van der Waals surface area contributed by atoms with Crippen LogP contribution >= 0.6 is 0 Å². The monoisotopic (exact) mass is 517 g/mol. The Kier molecular flexibility index (Phi) is 9.58. The predicted molar refractivity (Wildman–Crippen MR) is 139 cm³/mol. The second-order valence-electron chi connectivity index (χ2n) is 8.56. The predicted octanol–water partition coefficient (Wildman–Crippen LogP) is 2.95. The zero-order chi connectivity index (χ0) is 26.1. The number of anilines is 1. The van der Waals surface area contributed by atoms with Gasteiger partial charge >= 0.3 is 0 Å². The summed E-state index contributed by atoms with van der Waals surface area (Å²) >= 11 is 0. The Balaban J connectivity index is 1.90. The van der Waals surface area contributed by atoms with Gasteiger partial charge in [0.05, 0.1) is 11.4 Å². The molecule has 1 aliphatic rings. The van der Waals surface area contributed by atoms with E-state index in [2.05, 4.69) is 5.32 Å². The van der Waals surface area contributed by atoms with Gasteiger partial charge in [0.15, 0.2) is 11.5 Å². The Morgan fingerprint density at radius 3 is 2.39 bits per heavy atom. The van der Waals surface area contributed by atoms with E-state index in [9.17, 15) is 18.0 Å². The summed E-state index contributed by atoms with van der Waals surface area (Å²) in [6, 6.07) is 13.3. The molecule has 3 rings (SSSR count). The molecule has 2 amide bonds.